The first kappa shape index (κ1) is 15.9. The maximum Gasteiger partial charge on any atom is 0.260 e. The van der Waals surface area contributed by atoms with E-state index in [9.17, 15) is 9.59 Å². The Labute approximate surface area is 145 Å². The van der Waals surface area contributed by atoms with Crippen LogP contribution in [0.4, 0.5) is 0 Å². The molecule has 1 amide bonds. The minimum atomic E-state index is -0.455. The van der Waals surface area contributed by atoms with Crippen molar-refractivity contribution in [3.8, 4) is 9.88 Å². The van der Waals surface area contributed by atoms with Crippen LogP contribution in [0.25, 0.3) is 9.88 Å². The van der Waals surface area contributed by atoms with Crippen molar-refractivity contribution in [3.63, 3.8) is 0 Å². The molecule has 0 aliphatic carbocycles. The standard InChI is InChI=1S/C15H12ClN3O2S2/c1-19(15(21)11-5-9(16)6-17-13(11)20)7-10-8-23-14(18-10)12-3-2-4-22-12/h2-6,8H,7H2,1H3,(H,17,20). The number of halogens is 1. The Bertz CT molecular complexity index is 886. The molecule has 23 heavy (non-hydrogen) atoms. The number of aromatic nitrogens is 2. The SMILES string of the molecule is CN(Cc1csc(-c2cccs2)n1)C(=O)c1cc(Cl)c[nH]c1=O. The van der Waals surface area contributed by atoms with Crippen molar-refractivity contribution in [1.82, 2.24) is 14.9 Å². The summed E-state index contributed by atoms with van der Waals surface area (Å²) in [6, 6.07) is 5.35. The van der Waals surface area contributed by atoms with Crippen LogP contribution in [0.3, 0.4) is 0 Å². The molecule has 3 aromatic heterocycles. The van der Waals surface area contributed by atoms with Gasteiger partial charge >= 0.3 is 0 Å². The number of carbonyl (C=O) groups is 1. The van der Waals surface area contributed by atoms with Gasteiger partial charge in [0.2, 0.25) is 0 Å². The van der Waals surface area contributed by atoms with Gasteiger partial charge in [0.25, 0.3) is 11.5 Å². The first-order chi connectivity index (χ1) is 11.0. The van der Waals surface area contributed by atoms with E-state index in [0.29, 0.717) is 11.6 Å². The average Bonchev–Trinajstić information content (AvgIpc) is 3.19. The van der Waals surface area contributed by atoms with E-state index in [4.69, 9.17) is 11.6 Å². The summed E-state index contributed by atoms with van der Waals surface area (Å²) in [7, 11) is 1.63. The van der Waals surface area contributed by atoms with Crippen LogP contribution in [0.15, 0.2) is 40.0 Å². The number of nitrogens with one attached hydrogen (secondary N) is 1. The number of aromatic amines is 1. The van der Waals surface area contributed by atoms with Crippen molar-refractivity contribution in [3.05, 3.63) is 61.8 Å². The van der Waals surface area contributed by atoms with Crippen LogP contribution in [0, 0.1) is 0 Å². The van der Waals surface area contributed by atoms with Crippen molar-refractivity contribution in [2.24, 2.45) is 0 Å². The van der Waals surface area contributed by atoms with E-state index in [1.165, 1.54) is 28.5 Å². The Balaban J connectivity index is 1.76. The molecule has 0 bridgehead atoms. The van der Waals surface area contributed by atoms with Gasteiger partial charge in [0.1, 0.15) is 10.6 Å². The number of H-pyrrole nitrogens is 1. The van der Waals surface area contributed by atoms with Crippen molar-refractivity contribution < 1.29 is 4.79 Å². The van der Waals surface area contributed by atoms with Gasteiger partial charge < -0.3 is 9.88 Å². The third-order valence-electron chi connectivity index (χ3n) is 3.13. The molecule has 3 aromatic rings. The lowest BCUT2D eigenvalue weighted by atomic mass is 10.2. The van der Waals surface area contributed by atoms with Crippen LogP contribution in [0.5, 0.6) is 0 Å². The highest BCUT2D eigenvalue weighted by molar-refractivity contribution is 7.20. The van der Waals surface area contributed by atoms with Crippen molar-refractivity contribution in [2.45, 2.75) is 6.54 Å². The van der Waals surface area contributed by atoms with Gasteiger partial charge in [-0.1, -0.05) is 17.7 Å². The van der Waals surface area contributed by atoms with E-state index in [1.54, 1.807) is 18.4 Å². The van der Waals surface area contributed by atoms with Crippen molar-refractivity contribution in [1.29, 1.82) is 0 Å². The second-order valence-electron chi connectivity index (χ2n) is 4.84. The Morgan fingerprint density at radius 3 is 3.00 bits per heavy atom. The van der Waals surface area contributed by atoms with E-state index in [2.05, 4.69) is 9.97 Å². The lowest BCUT2D eigenvalue weighted by Crippen LogP contribution is -2.31. The van der Waals surface area contributed by atoms with Crippen LogP contribution in [0.1, 0.15) is 16.1 Å². The average molecular weight is 366 g/mol. The summed E-state index contributed by atoms with van der Waals surface area (Å²) >= 11 is 8.99. The molecule has 0 saturated carbocycles. The van der Waals surface area contributed by atoms with E-state index in [-0.39, 0.29) is 11.5 Å². The molecule has 0 unspecified atom stereocenters. The van der Waals surface area contributed by atoms with Gasteiger partial charge in [0, 0.05) is 18.6 Å². The Hall–Kier alpha value is -1.96. The number of thiophene rings is 1. The van der Waals surface area contributed by atoms with Crippen molar-refractivity contribution >= 4 is 40.2 Å². The molecule has 3 heterocycles. The molecule has 5 nitrogen and oxygen atoms in total. The van der Waals surface area contributed by atoms with Crippen LogP contribution in [-0.4, -0.2) is 27.8 Å². The third-order valence-corrected chi connectivity index (χ3v) is 5.28. The highest BCUT2D eigenvalue weighted by atomic mass is 35.5. The molecule has 0 fully saturated rings. The molecule has 8 heteroatoms. The van der Waals surface area contributed by atoms with Gasteiger partial charge in [-0.15, -0.1) is 22.7 Å². The molecule has 0 aliphatic rings. The summed E-state index contributed by atoms with van der Waals surface area (Å²) in [5.41, 5.74) is 0.352. The topological polar surface area (TPSA) is 66.1 Å². The van der Waals surface area contributed by atoms with Gasteiger partial charge in [-0.3, -0.25) is 9.59 Å². The summed E-state index contributed by atoms with van der Waals surface area (Å²) in [6.07, 6.45) is 1.36. The van der Waals surface area contributed by atoms with Crippen LogP contribution in [-0.2, 0) is 6.54 Å². The number of thiazole rings is 1. The van der Waals surface area contributed by atoms with Gasteiger partial charge in [-0.05, 0) is 17.5 Å². The normalized spacial score (nSPS) is 10.7. The summed E-state index contributed by atoms with van der Waals surface area (Å²) in [5.74, 6) is -0.389. The Morgan fingerprint density at radius 1 is 1.43 bits per heavy atom. The molecule has 0 aliphatic heterocycles. The van der Waals surface area contributed by atoms with Crippen LogP contribution >= 0.6 is 34.3 Å². The number of rotatable bonds is 4. The summed E-state index contributed by atoms with van der Waals surface area (Å²) in [6.45, 7) is 0.326. The first-order valence-electron chi connectivity index (χ1n) is 6.66. The minimum Gasteiger partial charge on any atom is -0.336 e. The zero-order chi connectivity index (χ0) is 16.4. The van der Waals surface area contributed by atoms with Crippen molar-refractivity contribution in [2.75, 3.05) is 7.05 Å². The number of nitrogens with zero attached hydrogens (tertiary/aromatic N) is 2. The lowest BCUT2D eigenvalue weighted by Gasteiger charge is -2.15. The molecule has 0 spiro atoms. The maximum absolute atomic E-state index is 12.4. The molecular formula is C15H12ClN3O2S2. The summed E-state index contributed by atoms with van der Waals surface area (Å²) in [4.78, 5) is 33.7. The van der Waals surface area contributed by atoms with Crippen LogP contribution in [0.2, 0.25) is 5.02 Å². The summed E-state index contributed by atoms with van der Waals surface area (Å²) in [5, 5.41) is 5.16. The zero-order valence-corrected chi connectivity index (χ0v) is 14.5. The van der Waals surface area contributed by atoms with E-state index in [1.807, 2.05) is 22.9 Å². The fraction of sp³-hybridized carbons (Fsp3) is 0.133. The second kappa shape index (κ2) is 6.66. The molecule has 0 saturated heterocycles. The molecule has 0 atom stereocenters. The van der Waals surface area contributed by atoms with E-state index in [0.717, 1.165) is 15.6 Å². The number of pyridine rings is 1. The molecule has 1 N–H and O–H groups in total. The van der Waals surface area contributed by atoms with Gasteiger partial charge in [-0.25, -0.2) is 4.98 Å². The molecular weight excluding hydrogens is 354 g/mol. The molecule has 0 radical (unpaired) electrons. The fourth-order valence-corrected chi connectivity index (χ4v) is 3.82. The zero-order valence-electron chi connectivity index (χ0n) is 12.1. The smallest absolute Gasteiger partial charge is 0.260 e. The fourth-order valence-electron chi connectivity index (χ4n) is 2.03. The van der Waals surface area contributed by atoms with E-state index < -0.39 is 5.56 Å². The molecule has 0 aromatic carbocycles. The van der Waals surface area contributed by atoms with Crippen LogP contribution < -0.4 is 5.56 Å². The number of hydrogen-bond donors (Lipinski definition) is 1. The molecule has 3 rings (SSSR count). The monoisotopic (exact) mass is 365 g/mol. The predicted molar refractivity (Wildman–Crippen MR) is 93.3 cm³/mol. The largest absolute Gasteiger partial charge is 0.336 e. The van der Waals surface area contributed by atoms with Gasteiger partial charge in [0.15, 0.2) is 0 Å². The summed E-state index contributed by atoms with van der Waals surface area (Å²) < 4.78 is 0. The number of carbonyl (C=O) groups excluding carboxylic acids is 1. The molecule has 118 valence electrons. The minimum absolute atomic E-state index is 0.0220. The highest BCUT2D eigenvalue weighted by Crippen LogP contribution is 2.28. The highest BCUT2D eigenvalue weighted by Gasteiger charge is 2.17. The first-order valence-corrected chi connectivity index (χ1v) is 8.80. The predicted octanol–water partition coefficient (Wildman–Crippen LogP) is 3.49. The number of amides is 1. The maximum atomic E-state index is 12.4. The second-order valence-corrected chi connectivity index (χ2v) is 7.09. The van der Waals surface area contributed by atoms with E-state index >= 15 is 0 Å². The Morgan fingerprint density at radius 2 is 2.26 bits per heavy atom. The lowest BCUT2D eigenvalue weighted by molar-refractivity contribution is 0.0782. The third kappa shape index (κ3) is 3.52. The van der Waals surface area contributed by atoms with Gasteiger partial charge in [-0.2, -0.15) is 0 Å². The number of hydrogen-bond acceptors (Lipinski definition) is 5. The quantitative estimate of drug-likeness (QED) is 0.769. The van der Waals surface area contributed by atoms with Gasteiger partial charge in [0.05, 0.1) is 22.1 Å². The Kier molecular flexibility index (Phi) is 4.61.